The minimum atomic E-state index is -0.126. The van der Waals surface area contributed by atoms with E-state index in [0.717, 1.165) is 27.1 Å². The van der Waals surface area contributed by atoms with E-state index < -0.39 is 0 Å². The molecular formula is C19H18ClN3O2S2. The lowest BCUT2D eigenvalue weighted by Crippen LogP contribution is -2.26. The van der Waals surface area contributed by atoms with Crippen molar-refractivity contribution in [1.82, 2.24) is 15.5 Å². The Kier molecular flexibility index (Phi) is 7.20. The van der Waals surface area contributed by atoms with E-state index in [9.17, 15) is 4.79 Å². The fourth-order valence-electron chi connectivity index (χ4n) is 2.27. The van der Waals surface area contributed by atoms with Gasteiger partial charge in [0.05, 0.1) is 11.3 Å². The summed E-state index contributed by atoms with van der Waals surface area (Å²) >= 11 is 9.01. The van der Waals surface area contributed by atoms with Gasteiger partial charge in [-0.2, -0.15) is 0 Å². The second-order valence-electron chi connectivity index (χ2n) is 5.63. The molecular weight excluding hydrogens is 402 g/mol. The Balaban J connectivity index is 1.51. The molecule has 2 aromatic heterocycles. The summed E-state index contributed by atoms with van der Waals surface area (Å²) in [6.07, 6.45) is 1.68. The minimum Gasteiger partial charge on any atom is -0.361 e. The molecule has 3 rings (SSSR count). The Morgan fingerprint density at radius 1 is 1.22 bits per heavy atom. The number of benzene rings is 1. The third kappa shape index (κ3) is 6.02. The zero-order chi connectivity index (χ0) is 19.1. The molecule has 0 aliphatic carbocycles. The van der Waals surface area contributed by atoms with Crippen LogP contribution in [0, 0.1) is 6.92 Å². The van der Waals surface area contributed by atoms with Gasteiger partial charge in [-0.15, -0.1) is 11.8 Å². The third-order valence-electron chi connectivity index (χ3n) is 3.52. The van der Waals surface area contributed by atoms with Crippen molar-refractivity contribution in [1.29, 1.82) is 0 Å². The first-order valence-corrected chi connectivity index (χ1v) is 10.6. The number of nitrogens with one attached hydrogen (secondary N) is 1. The zero-order valence-corrected chi connectivity index (χ0v) is 17.0. The molecule has 0 aliphatic heterocycles. The number of carbonyl (C=O) groups is 1. The van der Waals surface area contributed by atoms with Crippen LogP contribution in [0.4, 0.5) is 0 Å². The molecule has 1 amide bonds. The molecule has 0 radical (unpaired) electrons. The SMILES string of the molecule is Cc1cc(CSc2ncccc2C(=O)NCCSc2ccc(Cl)cc2)no1. The average molecular weight is 420 g/mol. The highest BCUT2D eigenvalue weighted by atomic mass is 35.5. The van der Waals surface area contributed by atoms with Gasteiger partial charge >= 0.3 is 0 Å². The Bertz CT molecular complexity index is 900. The highest BCUT2D eigenvalue weighted by Crippen LogP contribution is 2.24. The average Bonchev–Trinajstić information content (AvgIpc) is 3.10. The minimum absolute atomic E-state index is 0.126. The number of hydrogen-bond acceptors (Lipinski definition) is 6. The zero-order valence-electron chi connectivity index (χ0n) is 14.6. The molecule has 0 bridgehead atoms. The lowest BCUT2D eigenvalue weighted by molar-refractivity contribution is 0.0952. The van der Waals surface area contributed by atoms with Crippen LogP contribution in [-0.2, 0) is 5.75 Å². The van der Waals surface area contributed by atoms with Gasteiger partial charge in [0.25, 0.3) is 5.91 Å². The van der Waals surface area contributed by atoms with Crippen LogP contribution < -0.4 is 5.32 Å². The van der Waals surface area contributed by atoms with Gasteiger partial charge in [-0.05, 0) is 43.3 Å². The number of hydrogen-bond donors (Lipinski definition) is 1. The molecule has 3 aromatic rings. The standard InChI is InChI=1S/C19H18ClN3O2S2/c1-13-11-15(23-25-13)12-27-19-17(3-2-8-22-19)18(24)21-9-10-26-16-6-4-14(20)5-7-16/h2-8,11H,9-10,12H2,1H3,(H,21,24). The fraction of sp³-hybridized carbons (Fsp3) is 0.211. The maximum atomic E-state index is 12.5. The molecule has 0 atom stereocenters. The monoisotopic (exact) mass is 419 g/mol. The van der Waals surface area contributed by atoms with Crippen molar-refractivity contribution in [2.45, 2.75) is 22.6 Å². The second kappa shape index (κ2) is 9.82. The Labute approximate surface area is 171 Å². The molecule has 2 heterocycles. The molecule has 0 unspecified atom stereocenters. The maximum absolute atomic E-state index is 12.5. The summed E-state index contributed by atoms with van der Waals surface area (Å²) in [5, 5.41) is 8.31. The van der Waals surface area contributed by atoms with E-state index in [2.05, 4.69) is 15.5 Å². The van der Waals surface area contributed by atoms with Crippen LogP contribution in [0.5, 0.6) is 0 Å². The first-order valence-electron chi connectivity index (χ1n) is 8.28. The summed E-state index contributed by atoms with van der Waals surface area (Å²) in [7, 11) is 0. The number of aromatic nitrogens is 2. The van der Waals surface area contributed by atoms with Gasteiger partial charge in [-0.25, -0.2) is 4.98 Å². The topological polar surface area (TPSA) is 68.0 Å². The van der Waals surface area contributed by atoms with E-state index in [0.29, 0.717) is 22.9 Å². The van der Waals surface area contributed by atoms with Crippen LogP contribution >= 0.6 is 35.1 Å². The molecule has 0 saturated heterocycles. The first kappa shape index (κ1) is 19.8. The van der Waals surface area contributed by atoms with E-state index in [1.165, 1.54) is 11.8 Å². The number of carbonyl (C=O) groups excluding carboxylic acids is 1. The van der Waals surface area contributed by atoms with Crippen molar-refractivity contribution in [3.63, 3.8) is 0 Å². The van der Waals surface area contributed by atoms with Crippen molar-refractivity contribution >= 4 is 41.0 Å². The number of amides is 1. The van der Waals surface area contributed by atoms with Crippen LogP contribution in [-0.4, -0.2) is 28.3 Å². The predicted octanol–water partition coefficient (Wildman–Crippen LogP) is 4.85. The summed E-state index contributed by atoms with van der Waals surface area (Å²) in [5.74, 6) is 2.01. The van der Waals surface area contributed by atoms with Gasteiger partial charge in [-0.3, -0.25) is 4.79 Å². The molecule has 140 valence electrons. The molecule has 27 heavy (non-hydrogen) atoms. The summed E-state index contributed by atoms with van der Waals surface area (Å²) in [6, 6.07) is 13.1. The van der Waals surface area contributed by atoms with Gasteiger partial charge in [0.15, 0.2) is 0 Å². The molecule has 0 fully saturated rings. The van der Waals surface area contributed by atoms with Crippen molar-refractivity contribution in [2.75, 3.05) is 12.3 Å². The van der Waals surface area contributed by atoms with Crippen LogP contribution in [0.2, 0.25) is 5.02 Å². The van der Waals surface area contributed by atoms with Crippen molar-refractivity contribution in [2.24, 2.45) is 0 Å². The number of thioether (sulfide) groups is 2. The first-order chi connectivity index (χ1) is 13.1. The lowest BCUT2D eigenvalue weighted by atomic mass is 10.3. The van der Waals surface area contributed by atoms with E-state index in [1.54, 1.807) is 30.1 Å². The van der Waals surface area contributed by atoms with Gasteiger partial charge in [-0.1, -0.05) is 28.5 Å². The number of aryl methyl sites for hydroxylation is 1. The number of pyridine rings is 1. The Morgan fingerprint density at radius 3 is 2.78 bits per heavy atom. The van der Waals surface area contributed by atoms with Crippen LogP contribution in [0.15, 0.2) is 63.1 Å². The van der Waals surface area contributed by atoms with Crippen LogP contribution in [0.25, 0.3) is 0 Å². The molecule has 1 N–H and O–H groups in total. The fourth-order valence-corrected chi connectivity index (χ4v) is 4.03. The smallest absolute Gasteiger partial charge is 0.254 e. The van der Waals surface area contributed by atoms with Gasteiger partial charge < -0.3 is 9.84 Å². The van der Waals surface area contributed by atoms with E-state index in [-0.39, 0.29) is 5.91 Å². The van der Waals surface area contributed by atoms with Crippen molar-refractivity contribution in [3.05, 3.63) is 70.7 Å². The molecule has 5 nitrogen and oxygen atoms in total. The molecule has 8 heteroatoms. The number of halogens is 1. The molecule has 0 aliphatic rings. The van der Waals surface area contributed by atoms with Crippen LogP contribution in [0.3, 0.4) is 0 Å². The number of nitrogens with zero attached hydrogens (tertiary/aromatic N) is 2. The highest BCUT2D eigenvalue weighted by molar-refractivity contribution is 7.99. The Hall–Kier alpha value is -1.96. The van der Waals surface area contributed by atoms with Crippen molar-refractivity contribution < 1.29 is 9.32 Å². The predicted molar refractivity (Wildman–Crippen MR) is 110 cm³/mol. The summed E-state index contributed by atoms with van der Waals surface area (Å²) in [4.78, 5) is 18.0. The quantitative estimate of drug-likeness (QED) is 0.416. The van der Waals surface area contributed by atoms with E-state index in [1.807, 2.05) is 37.3 Å². The van der Waals surface area contributed by atoms with E-state index >= 15 is 0 Å². The van der Waals surface area contributed by atoms with E-state index in [4.69, 9.17) is 16.1 Å². The van der Waals surface area contributed by atoms with Crippen molar-refractivity contribution in [3.8, 4) is 0 Å². The maximum Gasteiger partial charge on any atom is 0.254 e. The molecule has 1 aromatic carbocycles. The van der Waals surface area contributed by atoms with Gasteiger partial charge in [0.2, 0.25) is 0 Å². The molecule has 0 spiro atoms. The highest BCUT2D eigenvalue weighted by Gasteiger charge is 2.13. The van der Waals surface area contributed by atoms with Gasteiger partial charge in [0.1, 0.15) is 10.8 Å². The second-order valence-corrected chi connectivity index (χ2v) is 8.20. The van der Waals surface area contributed by atoms with Gasteiger partial charge in [0, 0.05) is 40.2 Å². The summed E-state index contributed by atoms with van der Waals surface area (Å²) in [6.45, 7) is 2.41. The normalized spacial score (nSPS) is 10.7. The Morgan fingerprint density at radius 2 is 2.04 bits per heavy atom. The van der Waals surface area contributed by atoms with Crippen LogP contribution in [0.1, 0.15) is 21.8 Å². The third-order valence-corrected chi connectivity index (χ3v) is 5.82. The number of rotatable bonds is 8. The molecule has 0 saturated carbocycles. The largest absolute Gasteiger partial charge is 0.361 e. The summed E-state index contributed by atoms with van der Waals surface area (Å²) in [5.41, 5.74) is 1.40. The lowest BCUT2D eigenvalue weighted by Gasteiger charge is -2.08. The summed E-state index contributed by atoms with van der Waals surface area (Å²) < 4.78 is 5.07.